The van der Waals surface area contributed by atoms with E-state index in [1.807, 2.05) is 6.92 Å². The predicted octanol–water partition coefficient (Wildman–Crippen LogP) is 0.468. The second-order valence-electron chi connectivity index (χ2n) is 3.97. The van der Waals surface area contributed by atoms with E-state index in [2.05, 4.69) is 0 Å². The summed E-state index contributed by atoms with van der Waals surface area (Å²) in [4.78, 5) is 13.8. The van der Waals surface area contributed by atoms with Gasteiger partial charge in [0.25, 0.3) is 5.91 Å². The Kier molecular flexibility index (Phi) is 3.26. The van der Waals surface area contributed by atoms with Gasteiger partial charge >= 0.3 is 0 Å². The number of morpholine rings is 1. The Hall–Kier alpha value is -1.33. The zero-order valence-electron chi connectivity index (χ0n) is 9.26. The van der Waals surface area contributed by atoms with Gasteiger partial charge in [0, 0.05) is 13.1 Å². The van der Waals surface area contributed by atoms with E-state index in [9.17, 15) is 4.79 Å². The lowest BCUT2D eigenvalue weighted by atomic mass is 10.2. The van der Waals surface area contributed by atoms with Gasteiger partial charge < -0.3 is 19.8 Å². The lowest BCUT2D eigenvalue weighted by molar-refractivity contribution is -0.0435. The van der Waals surface area contributed by atoms with Crippen LogP contribution in [0.15, 0.2) is 22.8 Å². The molecule has 0 aromatic carbocycles. The summed E-state index contributed by atoms with van der Waals surface area (Å²) in [6.07, 6.45) is 1.42. The minimum Gasteiger partial charge on any atom is -0.459 e. The highest BCUT2D eigenvalue weighted by Gasteiger charge is 2.30. The number of hydrogen-bond donors (Lipinski definition) is 1. The Bertz CT molecular complexity index is 350. The lowest BCUT2D eigenvalue weighted by Gasteiger charge is -2.37. The maximum Gasteiger partial charge on any atom is 0.289 e. The Balaban J connectivity index is 2.09. The van der Waals surface area contributed by atoms with Crippen molar-refractivity contribution in [3.63, 3.8) is 0 Å². The van der Waals surface area contributed by atoms with Crippen LogP contribution in [0.5, 0.6) is 0 Å². The number of hydrogen-bond acceptors (Lipinski definition) is 4. The van der Waals surface area contributed by atoms with Crippen LogP contribution in [0.1, 0.15) is 17.5 Å². The van der Waals surface area contributed by atoms with Crippen molar-refractivity contribution < 1.29 is 13.9 Å². The van der Waals surface area contributed by atoms with E-state index in [-0.39, 0.29) is 18.1 Å². The predicted molar refractivity (Wildman–Crippen MR) is 58.0 cm³/mol. The van der Waals surface area contributed by atoms with Crippen LogP contribution in [-0.4, -0.2) is 42.6 Å². The van der Waals surface area contributed by atoms with E-state index in [4.69, 9.17) is 14.9 Å². The molecule has 1 aliphatic heterocycles. The molecule has 0 bridgehead atoms. The maximum absolute atomic E-state index is 12.1. The quantitative estimate of drug-likeness (QED) is 0.792. The number of nitrogens with two attached hydrogens (primary N) is 1. The molecule has 2 atom stereocenters. The number of carbonyl (C=O) groups excluding carboxylic acids is 1. The summed E-state index contributed by atoms with van der Waals surface area (Å²) < 4.78 is 10.6. The first-order valence-electron chi connectivity index (χ1n) is 5.38. The fraction of sp³-hybridized carbons (Fsp3) is 0.545. The van der Waals surface area contributed by atoms with Crippen molar-refractivity contribution in [3.8, 4) is 0 Å². The molecule has 1 aliphatic rings. The van der Waals surface area contributed by atoms with E-state index in [1.165, 1.54) is 6.26 Å². The van der Waals surface area contributed by atoms with Gasteiger partial charge in [0.15, 0.2) is 5.76 Å². The number of furan rings is 1. The van der Waals surface area contributed by atoms with Crippen LogP contribution >= 0.6 is 0 Å². The molecule has 0 aliphatic carbocycles. The van der Waals surface area contributed by atoms with Gasteiger partial charge in [-0.3, -0.25) is 4.79 Å². The Morgan fingerprint density at radius 2 is 2.50 bits per heavy atom. The molecule has 1 aromatic heterocycles. The minimum atomic E-state index is -0.0979. The van der Waals surface area contributed by atoms with Crippen molar-refractivity contribution in [1.82, 2.24) is 4.90 Å². The van der Waals surface area contributed by atoms with Crippen LogP contribution in [0, 0.1) is 0 Å². The normalized spacial score (nSPS) is 25.8. The molecule has 0 radical (unpaired) electrons. The number of amides is 1. The highest BCUT2D eigenvalue weighted by atomic mass is 16.5. The SMILES string of the molecule is CC1COC(CN)CN1C(=O)c1ccco1. The summed E-state index contributed by atoms with van der Waals surface area (Å²) in [7, 11) is 0. The van der Waals surface area contributed by atoms with Gasteiger partial charge in [0.05, 0.1) is 25.0 Å². The molecule has 2 heterocycles. The first-order valence-corrected chi connectivity index (χ1v) is 5.38. The van der Waals surface area contributed by atoms with Crippen molar-refractivity contribution in [2.24, 2.45) is 5.73 Å². The summed E-state index contributed by atoms with van der Waals surface area (Å²) in [6.45, 7) is 3.42. The van der Waals surface area contributed by atoms with Gasteiger partial charge in [-0.1, -0.05) is 0 Å². The van der Waals surface area contributed by atoms with E-state index in [1.54, 1.807) is 17.0 Å². The number of ether oxygens (including phenoxy) is 1. The zero-order chi connectivity index (χ0) is 11.5. The third-order valence-corrected chi connectivity index (χ3v) is 2.76. The molecule has 5 nitrogen and oxygen atoms in total. The molecular formula is C11H16N2O3. The van der Waals surface area contributed by atoms with Crippen molar-refractivity contribution in [1.29, 1.82) is 0 Å². The summed E-state index contributed by atoms with van der Waals surface area (Å²) in [5.74, 6) is 0.267. The van der Waals surface area contributed by atoms with Crippen molar-refractivity contribution in [2.75, 3.05) is 19.7 Å². The minimum absolute atomic E-state index is 0.0559. The Morgan fingerprint density at radius 1 is 1.69 bits per heavy atom. The van der Waals surface area contributed by atoms with Gasteiger partial charge in [-0.2, -0.15) is 0 Å². The molecule has 2 rings (SSSR count). The smallest absolute Gasteiger partial charge is 0.289 e. The van der Waals surface area contributed by atoms with Crippen LogP contribution in [0.2, 0.25) is 0 Å². The average molecular weight is 224 g/mol. The highest BCUT2D eigenvalue weighted by molar-refractivity contribution is 5.91. The largest absolute Gasteiger partial charge is 0.459 e. The highest BCUT2D eigenvalue weighted by Crippen LogP contribution is 2.15. The molecule has 5 heteroatoms. The van der Waals surface area contributed by atoms with Gasteiger partial charge in [0.1, 0.15) is 0 Å². The standard InChI is InChI=1S/C11H16N2O3/c1-8-7-16-9(5-12)6-13(8)11(14)10-3-2-4-15-10/h2-4,8-9H,5-7,12H2,1H3. The van der Waals surface area contributed by atoms with Crippen LogP contribution in [0.4, 0.5) is 0 Å². The van der Waals surface area contributed by atoms with E-state index >= 15 is 0 Å². The summed E-state index contributed by atoms with van der Waals surface area (Å²) in [5.41, 5.74) is 5.54. The number of rotatable bonds is 2. The second kappa shape index (κ2) is 4.67. The van der Waals surface area contributed by atoms with Crippen LogP contribution in [0.25, 0.3) is 0 Å². The van der Waals surface area contributed by atoms with E-state index < -0.39 is 0 Å². The molecule has 0 saturated carbocycles. The summed E-state index contributed by atoms with van der Waals surface area (Å²) in [5, 5.41) is 0. The molecule has 2 unspecified atom stereocenters. The maximum atomic E-state index is 12.1. The molecule has 2 N–H and O–H groups in total. The second-order valence-corrected chi connectivity index (χ2v) is 3.97. The first kappa shape index (κ1) is 11.2. The molecule has 16 heavy (non-hydrogen) atoms. The number of carbonyl (C=O) groups is 1. The number of nitrogens with zero attached hydrogens (tertiary/aromatic N) is 1. The Labute approximate surface area is 94.1 Å². The zero-order valence-corrected chi connectivity index (χ0v) is 9.26. The van der Waals surface area contributed by atoms with Gasteiger partial charge in [0.2, 0.25) is 0 Å². The van der Waals surface area contributed by atoms with Crippen LogP contribution < -0.4 is 5.73 Å². The molecule has 88 valence electrons. The first-order chi connectivity index (χ1) is 7.72. The third-order valence-electron chi connectivity index (χ3n) is 2.76. The molecule has 1 fully saturated rings. The molecule has 1 amide bonds. The molecule has 1 aromatic rings. The van der Waals surface area contributed by atoms with Gasteiger partial charge in [-0.15, -0.1) is 0 Å². The van der Waals surface area contributed by atoms with E-state index in [0.29, 0.717) is 25.5 Å². The molecule has 0 spiro atoms. The van der Waals surface area contributed by atoms with Gasteiger partial charge in [-0.25, -0.2) is 0 Å². The summed E-state index contributed by atoms with van der Waals surface area (Å²) in [6, 6.07) is 3.43. The molecule has 1 saturated heterocycles. The van der Waals surface area contributed by atoms with Crippen molar-refractivity contribution in [2.45, 2.75) is 19.1 Å². The topological polar surface area (TPSA) is 68.7 Å². The Morgan fingerprint density at radius 3 is 3.12 bits per heavy atom. The average Bonchev–Trinajstić information content (AvgIpc) is 2.82. The molecular weight excluding hydrogens is 208 g/mol. The fourth-order valence-electron chi connectivity index (χ4n) is 1.78. The lowest BCUT2D eigenvalue weighted by Crippen LogP contribution is -2.52. The fourth-order valence-corrected chi connectivity index (χ4v) is 1.78. The summed E-state index contributed by atoms with van der Waals surface area (Å²) >= 11 is 0. The van der Waals surface area contributed by atoms with Crippen LogP contribution in [0.3, 0.4) is 0 Å². The monoisotopic (exact) mass is 224 g/mol. The third kappa shape index (κ3) is 2.10. The van der Waals surface area contributed by atoms with Crippen LogP contribution in [-0.2, 0) is 4.74 Å². The van der Waals surface area contributed by atoms with Gasteiger partial charge in [-0.05, 0) is 19.1 Å². The van der Waals surface area contributed by atoms with E-state index in [0.717, 1.165) is 0 Å². The van der Waals surface area contributed by atoms with Crippen molar-refractivity contribution >= 4 is 5.91 Å². The van der Waals surface area contributed by atoms with Crippen molar-refractivity contribution in [3.05, 3.63) is 24.2 Å².